The average Bonchev–Trinajstić information content (AvgIpc) is 2.18. The summed E-state index contributed by atoms with van der Waals surface area (Å²) < 4.78 is 1.29. The van der Waals surface area contributed by atoms with Crippen molar-refractivity contribution in [3.05, 3.63) is 27.8 Å². The number of rotatable bonds is 1. The van der Waals surface area contributed by atoms with Gasteiger partial charge in [0, 0.05) is 28.4 Å². The zero-order chi connectivity index (χ0) is 9.97. The number of nitrogens with zero attached hydrogens (tertiary/aromatic N) is 1. The zero-order valence-electron chi connectivity index (χ0n) is 8.12. The van der Waals surface area contributed by atoms with E-state index in [-0.39, 0.29) is 0 Å². The monoisotopic (exact) mass is 302 g/mol. The molecule has 0 aromatic heterocycles. The molecule has 0 aliphatic carbocycles. The Hall–Kier alpha value is -0.290. The largest absolute Gasteiger partial charge is 0.370 e. The van der Waals surface area contributed by atoms with Crippen molar-refractivity contribution in [2.45, 2.75) is 18.9 Å². The topological polar surface area (TPSA) is 29.3 Å². The number of anilines is 1. The first-order valence-corrected chi connectivity index (χ1v) is 6.09. The Morgan fingerprint density at radius 3 is 3.00 bits per heavy atom. The van der Waals surface area contributed by atoms with Crippen molar-refractivity contribution in [3.8, 4) is 0 Å². The molecule has 1 aliphatic heterocycles. The number of hydrogen-bond donors (Lipinski definition) is 1. The second kappa shape index (κ2) is 4.49. The average molecular weight is 302 g/mol. The van der Waals surface area contributed by atoms with Crippen molar-refractivity contribution in [2.24, 2.45) is 5.73 Å². The normalized spacial score (nSPS) is 22.4. The summed E-state index contributed by atoms with van der Waals surface area (Å²) in [5, 5.41) is 0. The second-order valence-electron chi connectivity index (χ2n) is 3.83. The first kappa shape index (κ1) is 10.2. The lowest BCUT2D eigenvalue weighted by Crippen LogP contribution is -2.42. The molecule has 2 N–H and O–H groups in total. The van der Waals surface area contributed by atoms with E-state index in [1.54, 1.807) is 0 Å². The number of benzene rings is 1. The Kier molecular flexibility index (Phi) is 3.28. The van der Waals surface area contributed by atoms with E-state index in [0.29, 0.717) is 6.04 Å². The minimum Gasteiger partial charge on any atom is -0.370 e. The first-order chi connectivity index (χ1) is 6.75. The van der Waals surface area contributed by atoms with Crippen LogP contribution in [0.3, 0.4) is 0 Å². The smallest absolute Gasteiger partial charge is 0.0377 e. The highest BCUT2D eigenvalue weighted by Crippen LogP contribution is 2.21. The summed E-state index contributed by atoms with van der Waals surface area (Å²) in [6, 6.07) is 8.96. The van der Waals surface area contributed by atoms with Crippen LogP contribution in [0.25, 0.3) is 0 Å². The lowest BCUT2D eigenvalue weighted by Gasteiger charge is -2.32. The van der Waals surface area contributed by atoms with Gasteiger partial charge >= 0.3 is 0 Å². The molecule has 1 unspecified atom stereocenters. The summed E-state index contributed by atoms with van der Waals surface area (Å²) in [6.07, 6.45) is 2.38. The van der Waals surface area contributed by atoms with Gasteiger partial charge in [-0.15, -0.1) is 0 Å². The Bertz CT molecular complexity index is 314. The van der Waals surface area contributed by atoms with Crippen LogP contribution in [-0.2, 0) is 0 Å². The number of halogens is 1. The van der Waals surface area contributed by atoms with Gasteiger partial charge in [-0.1, -0.05) is 6.07 Å². The van der Waals surface area contributed by atoms with E-state index in [1.807, 2.05) is 0 Å². The molecule has 1 heterocycles. The number of nitrogens with two attached hydrogens (primary N) is 1. The molecule has 76 valence electrons. The van der Waals surface area contributed by atoms with Crippen molar-refractivity contribution in [1.29, 1.82) is 0 Å². The zero-order valence-corrected chi connectivity index (χ0v) is 10.3. The maximum atomic E-state index is 5.96. The third kappa shape index (κ3) is 2.39. The molecular weight excluding hydrogens is 287 g/mol. The minimum atomic E-state index is 0.349. The summed E-state index contributed by atoms with van der Waals surface area (Å²) in [6.45, 7) is 2.15. The van der Waals surface area contributed by atoms with Crippen LogP contribution in [-0.4, -0.2) is 19.1 Å². The number of piperidine rings is 1. The predicted molar refractivity (Wildman–Crippen MR) is 68.6 cm³/mol. The molecule has 1 aromatic carbocycles. The molecule has 0 bridgehead atoms. The molecule has 1 atom stereocenters. The predicted octanol–water partition coefficient (Wildman–Crippen LogP) is 2.22. The maximum absolute atomic E-state index is 5.96. The van der Waals surface area contributed by atoms with Gasteiger partial charge in [-0.05, 0) is 53.6 Å². The second-order valence-corrected chi connectivity index (χ2v) is 5.07. The van der Waals surface area contributed by atoms with Crippen molar-refractivity contribution in [2.75, 3.05) is 18.0 Å². The number of hydrogen-bond acceptors (Lipinski definition) is 2. The van der Waals surface area contributed by atoms with E-state index in [2.05, 4.69) is 51.8 Å². The molecule has 2 rings (SSSR count). The lowest BCUT2D eigenvalue weighted by atomic mass is 10.1. The van der Waals surface area contributed by atoms with E-state index >= 15 is 0 Å². The highest BCUT2D eigenvalue weighted by molar-refractivity contribution is 14.1. The molecule has 1 aliphatic rings. The molecule has 2 nitrogen and oxygen atoms in total. The van der Waals surface area contributed by atoms with Crippen molar-refractivity contribution in [1.82, 2.24) is 0 Å². The van der Waals surface area contributed by atoms with Crippen LogP contribution in [0.5, 0.6) is 0 Å². The Balaban J connectivity index is 2.14. The standard InChI is InChI=1S/C11H15IN2/c12-9-3-1-5-11(7-9)14-6-2-4-10(13)8-14/h1,3,5,7,10H,2,4,6,8,13H2. The van der Waals surface area contributed by atoms with Crippen LogP contribution >= 0.6 is 22.6 Å². The van der Waals surface area contributed by atoms with Crippen LogP contribution < -0.4 is 10.6 Å². The summed E-state index contributed by atoms with van der Waals surface area (Å²) >= 11 is 2.35. The summed E-state index contributed by atoms with van der Waals surface area (Å²) in [4.78, 5) is 2.39. The third-order valence-electron chi connectivity index (χ3n) is 2.63. The van der Waals surface area contributed by atoms with Crippen molar-refractivity contribution in [3.63, 3.8) is 0 Å². The van der Waals surface area contributed by atoms with Gasteiger partial charge in [0.2, 0.25) is 0 Å². The highest BCUT2D eigenvalue weighted by atomic mass is 127. The van der Waals surface area contributed by atoms with E-state index in [0.717, 1.165) is 13.1 Å². The highest BCUT2D eigenvalue weighted by Gasteiger charge is 2.16. The van der Waals surface area contributed by atoms with E-state index in [4.69, 9.17) is 5.73 Å². The van der Waals surface area contributed by atoms with Crippen molar-refractivity contribution >= 4 is 28.3 Å². The van der Waals surface area contributed by atoms with Crippen LogP contribution in [0, 0.1) is 3.57 Å². The Labute approximate surface area is 98.6 Å². The molecule has 3 heteroatoms. The summed E-state index contributed by atoms with van der Waals surface area (Å²) in [5.41, 5.74) is 7.27. The van der Waals surface area contributed by atoms with Gasteiger partial charge in [0.15, 0.2) is 0 Å². The maximum Gasteiger partial charge on any atom is 0.0377 e. The summed E-state index contributed by atoms with van der Waals surface area (Å²) in [7, 11) is 0. The van der Waals surface area contributed by atoms with Gasteiger partial charge in [-0.25, -0.2) is 0 Å². The van der Waals surface area contributed by atoms with Crippen LogP contribution in [0.2, 0.25) is 0 Å². The molecule has 0 spiro atoms. The molecular formula is C11H15IN2. The van der Waals surface area contributed by atoms with Gasteiger partial charge in [0.1, 0.15) is 0 Å². The van der Waals surface area contributed by atoms with Gasteiger partial charge in [0.25, 0.3) is 0 Å². The van der Waals surface area contributed by atoms with Crippen molar-refractivity contribution < 1.29 is 0 Å². The Morgan fingerprint density at radius 1 is 1.43 bits per heavy atom. The molecule has 1 aromatic rings. The van der Waals surface area contributed by atoms with Gasteiger partial charge in [0.05, 0.1) is 0 Å². The van der Waals surface area contributed by atoms with Crippen LogP contribution in [0.1, 0.15) is 12.8 Å². The molecule has 0 radical (unpaired) electrons. The molecule has 0 saturated carbocycles. The fourth-order valence-corrected chi connectivity index (χ4v) is 2.44. The molecule has 1 fully saturated rings. The fourth-order valence-electron chi connectivity index (χ4n) is 1.92. The third-order valence-corrected chi connectivity index (χ3v) is 3.30. The minimum absolute atomic E-state index is 0.349. The molecule has 1 saturated heterocycles. The SMILES string of the molecule is NC1CCCN(c2cccc(I)c2)C1. The van der Waals surface area contributed by atoms with Gasteiger partial charge < -0.3 is 10.6 Å². The summed E-state index contributed by atoms with van der Waals surface area (Å²) in [5.74, 6) is 0. The van der Waals surface area contributed by atoms with E-state index < -0.39 is 0 Å². The lowest BCUT2D eigenvalue weighted by molar-refractivity contribution is 0.506. The molecule has 0 amide bonds. The molecule has 14 heavy (non-hydrogen) atoms. The van der Waals surface area contributed by atoms with Gasteiger partial charge in [-0.3, -0.25) is 0 Å². The van der Waals surface area contributed by atoms with Crippen LogP contribution in [0.4, 0.5) is 5.69 Å². The van der Waals surface area contributed by atoms with Gasteiger partial charge in [-0.2, -0.15) is 0 Å². The van der Waals surface area contributed by atoms with E-state index in [1.165, 1.54) is 22.1 Å². The van der Waals surface area contributed by atoms with E-state index in [9.17, 15) is 0 Å². The first-order valence-electron chi connectivity index (χ1n) is 5.02. The fraction of sp³-hybridized carbons (Fsp3) is 0.455. The Morgan fingerprint density at radius 2 is 2.29 bits per heavy atom. The van der Waals surface area contributed by atoms with Crippen LogP contribution in [0.15, 0.2) is 24.3 Å². The quantitative estimate of drug-likeness (QED) is 0.806.